The van der Waals surface area contributed by atoms with Crippen molar-refractivity contribution in [3.8, 4) is 0 Å². The van der Waals surface area contributed by atoms with E-state index in [0.29, 0.717) is 11.4 Å². The van der Waals surface area contributed by atoms with Crippen LogP contribution in [0.2, 0.25) is 0 Å². The number of anilines is 2. The van der Waals surface area contributed by atoms with Crippen LogP contribution in [0.25, 0.3) is 0 Å². The Morgan fingerprint density at radius 3 is 2.52 bits per heavy atom. The number of nitrogens with zero attached hydrogens (tertiary/aromatic N) is 2. The summed E-state index contributed by atoms with van der Waals surface area (Å²) >= 11 is 0. The number of benzene rings is 2. The molecule has 0 unspecified atom stereocenters. The second kappa shape index (κ2) is 8.64. The average molecular weight is 396 g/mol. The van der Waals surface area contributed by atoms with Gasteiger partial charge in [-0.15, -0.1) is 0 Å². The molecule has 0 atom stereocenters. The fraction of sp³-hybridized carbons (Fsp3) is 0.238. The van der Waals surface area contributed by atoms with Crippen molar-refractivity contribution < 1.29 is 18.8 Å². The molecule has 2 N–H and O–H groups in total. The summed E-state index contributed by atoms with van der Waals surface area (Å²) in [6.07, 6.45) is 0.243. The van der Waals surface area contributed by atoms with Crippen LogP contribution in [0.1, 0.15) is 24.0 Å². The fourth-order valence-corrected chi connectivity index (χ4v) is 2.82. The molecule has 7 nitrogen and oxygen atoms in total. The summed E-state index contributed by atoms with van der Waals surface area (Å²) in [5.41, 5.74) is 3.11. The lowest BCUT2D eigenvalue weighted by Gasteiger charge is -2.23. The summed E-state index contributed by atoms with van der Waals surface area (Å²) in [6.45, 7) is 3.50. The monoisotopic (exact) mass is 396 g/mol. The van der Waals surface area contributed by atoms with E-state index in [0.717, 1.165) is 16.1 Å². The molecule has 0 radical (unpaired) electrons. The third-order valence-corrected chi connectivity index (χ3v) is 4.43. The topological polar surface area (TPSA) is 90.9 Å². The zero-order chi connectivity index (χ0) is 21.0. The smallest absolute Gasteiger partial charge is 0.271 e. The first-order valence-corrected chi connectivity index (χ1v) is 9.13. The molecule has 0 fully saturated rings. The van der Waals surface area contributed by atoms with Gasteiger partial charge in [-0.2, -0.15) is 5.10 Å². The number of carbonyl (C=O) groups excluding carboxylic acids is 3. The van der Waals surface area contributed by atoms with Crippen LogP contribution in [0.5, 0.6) is 0 Å². The normalized spacial score (nSPS) is 13.7. The SMILES string of the molecule is Cc1ccc(C)c(NC(=O)CN2N=C(C(=O)Nc3ccc(F)cc3)CCC2=O)c1. The maximum absolute atomic E-state index is 13.0. The van der Waals surface area contributed by atoms with Crippen LogP contribution in [0, 0.1) is 19.7 Å². The van der Waals surface area contributed by atoms with E-state index in [-0.39, 0.29) is 31.0 Å². The number of hydrogen-bond donors (Lipinski definition) is 2. The fourth-order valence-electron chi connectivity index (χ4n) is 2.82. The molecule has 1 aliphatic rings. The van der Waals surface area contributed by atoms with Crippen molar-refractivity contribution in [1.82, 2.24) is 5.01 Å². The number of rotatable bonds is 5. The number of hydrazone groups is 1. The Hall–Kier alpha value is -3.55. The molecule has 0 bridgehead atoms. The van der Waals surface area contributed by atoms with Crippen molar-refractivity contribution in [3.63, 3.8) is 0 Å². The molecule has 3 rings (SSSR count). The van der Waals surface area contributed by atoms with E-state index in [1.807, 2.05) is 32.0 Å². The van der Waals surface area contributed by atoms with Crippen LogP contribution < -0.4 is 10.6 Å². The molecule has 29 heavy (non-hydrogen) atoms. The van der Waals surface area contributed by atoms with Gasteiger partial charge in [0.05, 0.1) is 0 Å². The molecule has 0 spiro atoms. The second-order valence-corrected chi connectivity index (χ2v) is 6.83. The van der Waals surface area contributed by atoms with Crippen LogP contribution in [0.15, 0.2) is 47.6 Å². The highest BCUT2D eigenvalue weighted by atomic mass is 19.1. The molecular weight excluding hydrogens is 375 g/mol. The summed E-state index contributed by atoms with van der Waals surface area (Å²) < 4.78 is 13.0. The highest BCUT2D eigenvalue weighted by Crippen LogP contribution is 2.17. The van der Waals surface area contributed by atoms with Gasteiger partial charge >= 0.3 is 0 Å². The Labute approximate surface area is 167 Å². The first-order valence-electron chi connectivity index (χ1n) is 9.13. The summed E-state index contributed by atoms with van der Waals surface area (Å²) in [7, 11) is 0. The molecule has 2 aromatic rings. The molecule has 150 valence electrons. The molecule has 0 saturated heterocycles. The van der Waals surface area contributed by atoms with Crippen molar-refractivity contribution in [3.05, 3.63) is 59.4 Å². The van der Waals surface area contributed by atoms with Crippen LogP contribution >= 0.6 is 0 Å². The number of halogens is 1. The van der Waals surface area contributed by atoms with E-state index in [2.05, 4.69) is 15.7 Å². The van der Waals surface area contributed by atoms with Crippen LogP contribution in [0.3, 0.4) is 0 Å². The maximum Gasteiger partial charge on any atom is 0.271 e. The van der Waals surface area contributed by atoms with E-state index in [1.54, 1.807) is 0 Å². The minimum absolute atomic E-state index is 0.0758. The lowest BCUT2D eigenvalue weighted by molar-refractivity contribution is -0.135. The van der Waals surface area contributed by atoms with Gasteiger partial charge in [-0.25, -0.2) is 9.40 Å². The third-order valence-electron chi connectivity index (χ3n) is 4.43. The van der Waals surface area contributed by atoms with Crippen molar-refractivity contribution in [2.75, 3.05) is 17.2 Å². The van der Waals surface area contributed by atoms with Crippen molar-refractivity contribution in [2.24, 2.45) is 5.10 Å². The molecule has 1 heterocycles. The van der Waals surface area contributed by atoms with Gasteiger partial charge in [0.2, 0.25) is 11.8 Å². The first-order chi connectivity index (χ1) is 13.8. The van der Waals surface area contributed by atoms with Crippen LogP contribution in [-0.2, 0) is 14.4 Å². The molecule has 8 heteroatoms. The predicted octanol–water partition coefficient (Wildman–Crippen LogP) is 3.00. The molecular formula is C21H21FN4O3. The van der Waals surface area contributed by atoms with Gasteiger partial charge in [-0.1, -0.05) is 12.1 Å². The van der Waals surface area contributed by atoms with Gasteiger partial charge < -0.3 is 10.6 Å². The largest absolute Gasteiger partial charge is 0.324 e. The van der Waals surface area contributed by atoms with Gasteiger partial charge in [0.1, 0.15) is 18.1 Å². The van der Waals surface area contributed by atoms with Gasteiger partial charge in [0, 0.05) is 24.2 Å². The third kappa shape index (κ3) is 5.25. The summed E-state index contributed by atoms with van der Waals surface area (Å²) in [6, 6.07) is 11.0. The molecule has 0 aromatic heterocycles. The maximum atomic E-state index is 13.0. The standard InChI is InChI=1S/C21H21FN4O3/c1-13-3-4-14(2)18(11-13)24-19(27)12-26-20(28)10-9-17(25-26)21(29)23-16-7-5-15(22)6-8-16/h3-8,11H,9-10,12H2,1-2H3,(H,23,29)(H,24,27). The van der Waals surface area contributed by atoms with Crippen molar-refractivity contribution in [2.45, 2.75) is 26.7 Å². The number of carbonyl (C=O) groups is 3. The second-order valence-electron chi connectivity index (χ2n) is 6.83. The van der Waals surface area contributed by atoms with E-state index in [9.17, 15) is 18.8 Å². The molecule has 0 aliphatic carbocycles. The molecule has 3 amide bonds. The first kappa shape index (κ1) is 20.2. The van der Waals surface area contributed by atoms with Crippen molar-refractivity contribution >= 4 is 34.8 Å². The Bertz CT molecular complexity index is 986. The summed E-state index contributed by atoms with van der Waals surface area (Å²) in [4.78, 5) is 36.9. The zero-order valence-electron chi connectivity index (χ0n) is 16.2. The van der Waals surface area contributed by atoms with Crippen molar-refractivity contribution in [1.29, 1.82) is 0 Å². The van der Waals surface area contributed by atoms with Crippen LogP contribution in [0.4, 0.5) is 15.8 Å². The van der Waals surface area contributed by atoms with E-state index < -0.39 is 17.6 Å². The molecule has 1 aliphatic heterocycles. The Kier molecular flexibility index (Phi) is 6.01. The molecule has 0 saturated carbocycles. The Morgan fingerprint density at radius 1 is 1.07 bits per heavy atom. The summed E-state index contributed by atoms with van der Waals surface area (Å²) in [5, 5.41) is 10.4. The minimum atomic E-state index is -0.496. The number of amides is 3. The number of hydrogen-bond acceptors (Lipinski definition) is 4. The summed E-state index contributed by atoms with van der Waals surface area (Å²) in [5.74, 6) is -1.65. The zero-order valence-corrected chi connectivity index (χ0v) is 16.2. The number of nitrogens with one attached hydrogen (secondary N) is 2. The lowest BCUT2D eigenvalue weighted by atomic mass is 10.1. The Morgan fingerprint density at radius 2 is 1.79 bits per heavy atom. The minimum Gasteiger partial charge on any atom is -0.324 e. The average Bonchev–Trinajstić information content (AvgIpc) is 2.68. The Balaban J connectivity index is 1.67. The van der Waals surface area contributed by atoms with Crippen LogP contribution in [-0.4, -0.2) is 35.0 Å². The van der Waals surface area contributed by atoms with E-state index in [1.165, 1.54) is 24.3 Å². The highest BCUT2D eigenvalue weighted by Gasteiger charge is 2.26. The quantitative estimate of drug-likeness (QED) is 0.814. The van der Waals surface area contributed by atoms with Gasteiger partial charge in [-0.05, 0) is 55.3 Å². The van der Waals surface area contributed by atoms with Gasteiger partial charge in [0.25, 0.3) is 5.91 Å². The van der Waals surface area contributed by atoms with E-state index in [4.69, 9.17) is 0 Å². The highest BCUT2D eigenvalue weighted by molar-refractivity contribution is 6.43. The predicted molar refractivity (Wildman–Crippen MR) is 108 cm³/mol. The van der Waals surface area contributed by atoms with Gasteiger partial charge in [-0.3, -0.25) is 14.4 Å². The molecule has 2 aromatic carbocycles. The number of aryl methyl sites for hydroxylation is 2. The van der Waals surface area contributed by atoms with Gasteiger partial charge in [0.15, 0.2) is 0 Å². The van der Waals surface area contributed by atoms with E-state index >= 15 is 0 Å². The lowest BCUT2D eigenvalue weighted by Crippen LogP contribution is -2.40.